The van der Waals surface area contributed by atoms with Crippen LogP contribution >= 0.6 is 11.6 Å². The van der Waals surface area contributed by atoms with E-state index in [0.717, 1.165) is 18.4 Å². The summed E-state index contributed by atoms with van der Waals surface area (Å²) in [7, 11) is 0. The number of nitrogens with zero attached hydrogens (tertiary/aromatic N) is 3. The third kappa shape index (κ3) is 2.60. The van der Waals surface area contributed by atoms with Crippen LogP contribution in [0.15, 0.2) is 36.5 Å². The Morgan fingerprint density at radius 2 is 2.00 bits per heavy atom. The van der Waals surface area contributed by atoms with Gasteiger partial charge in [0, 0.05) is 35.3 Å². The van der Waals surface area contributed by atoms with Crippen molar-refractivity contribution in [3.05, 3.63) is 47.2 Å². The summed E-state index contributed by atoms with van der Waals surface area (Å²) in [6.45, 7) is 1.01. The lowest BCUT2D eigenvalue weighted by Crippen LogP contribution is -2.30. The molecule has 1 atom stereocenters. The lowest BCUT2D eigenvalue weighted by molar-refractivity contribution is 0.0758. The summed E-state index contributed by atoms with van der Waals surface area (Å²) < 4.78 is 0. The van der Waals surface area contributed by atoms with Crippen LogP contribution in [-0.2, 0) is 0 Å². The van der Waals surface area contributed by atoms with Gasteiger partial charge in [0.15, 0.2) is 5.82 Å². The maximum Gasteiger partial charge on any atom is 0.272 e. The van der Waals surface area contributed by atoms with E-state index in [1.54, 1.807) is 29.3 Å². The smallest absolute Gasteiger partial charge is 0.272 e. The van der Waals surface area contributed by atoms with E-state index in [0.29, 0.717) is 29.6 Å². The molecule has 1 aliphatic heterocycles. The Hall–Kier alpha value is -1.98. The molecule has 1 unspecified atom stereocenters. The van der Waals surface area contributed by atoms with Gasteiger partial charge in [0.2, 0.25) is 0 Å². The highest BCUT2D eigenvalue weighted by Gasteiger charge is 2.55. The molecule has 4 rings (SSSR count). The second-order valence-corrected chi connectivity index (χ2v) is 6.77. The molecule has 6 heteroatoms. The number of benzene rings is 1. The van der Waals surface area contributed by atoms with Crippen LogP contribution in [0.2, 0.25) is 5.02 Å². The fraction of sp³-hybridized carbons (Fsp3) is 0.353. The number of carbonyl (C=O) groups is 1. The van der Waals surface area contributed by atoms with E-state index >= 15 is 0 Å². The van der Waals surface area contributed by atoms with Gasteiger partial charge in [-0.25, -0.2) is 9.97 Å². The van der Waals surface area contributed by atoms with E-state index in [1.807, 2.05) is 12.1 Å². The molecule has 0 bridgehead atoms. The first-order valence-corrected chi connectivity index (χ1v) is 8.02. The summed E-state index contributed by atoms with van der Waals surface area (Å²) in [6, 6.07) is 8.80. The maximum atomic E-state index is 12.6. The molecule has 23 heavy (non-hydrogen) atoms. The van der Waals surface area contributed by atoms with Crippen molar-refractivity contribution >= 4 is 17.5 Å². The van der Waals surface area contributed by atoms with Crippen LogP contribution in [0.3, 0.4) is 0 Å². The van der Waals surface area contributed by atoms with E-state index in [9.17, 15) is 9.90 Å². The van der Waals surface area contributed by atoms with Crippen molar-refractivity contribution in [2.75, 3.05) is 13.1 Å². The maximum absolute atomic E-state index is 12.6. The molecule has 1 N–H and O–H groups in total. The van der Waals surface area contributed by atoms with Gasteiger partial charge in [0.05, 0.1) is 6.10 Å². The fourth-order valence-electron chi connectivity index (χ4n) is 3.14. The third-order valence-corrected chi connectivity index (χ3v) is 5.01. The SMILES string of the molecule is O=C(c1ccnc(-c2ccc(Cl)cc2)n1)N1CC(O)C2(CC2)C1. The highest BCUT2D eigenvalue weighted by atomic mass is 35.5. The Bertz CT molecular complexity index is 759. The van der Waals surface area contributed by atoms with Crippen LogP contribution in [0.4, 0.5) is 0 Å². The number of amides is 1. The minimum Gasteiger partial charge on any atom is -0.391 e. The summed E-state index contributed by atoms with van der Waals surface area (Å²) in [5.41, 5.74) is 1.11. The van der Waals surface area contributed by atoms with Crippen LogP contribution in [0, 0.1) is 5.41 Å². The summed E-state index contributed by atoms with van der Waals surface area (Å²) in [4.78, 5) is 23.0. The van der Waals surface area contributed by atoms with Crippen molar-refractivity contribution in [3.8, 4) is 11.4 Å². The quantitative estimate of drug-likeness (QED) is 0.918. The second-order valence-electron chi connectivity index (χ2n) is 6.34. The largest absolute Gasteiger partial charge is 0.391 e. The highest BCUT2D eigenvalue weighted by molar-refractivity contribution is 6.30. The molecule has 0 radical (unpaired) electrons. The van der Waals surface area contributed by atoms with Crippen molar-refractivity contribution in [1.29, 1.82) is 0 Å². The molecule has 1 spiro atoms. The molecular weight excluding hydrogens is 314 g/mol. The summed E-state index contributed by atoms with van der Waals surface area (Å²) in [5, 5.41) is 10.7. The number of carbonyl (C=O) groups excluding carboxylic acids is 1. The zero-order chi connectivity index (χ0) is 16.0. The molecule has 2 heterocycles. The van der Waals surface area contributed by atoms with Gasteiger partial charge in [0.25, 0.3) is 5.91 Å². The van der Waals surface area contributed by atoms with Gasteiger partial charge in [-0.2, -0.15) is 0 Å². The minimum atomic E-state index is -0.413. The van der Waals surface area contributed by atoms with Gasteiger partial charge in [-0.1, -0.05) is 11.6 Å². The van der Waals surface area contributed by atoms with Crippen LogP contribution in [0.1, 0.15) is 23.3 Å². The molecule has 1 amide bonds. The van der Waals surface area contributed by atoms with E-state index in [4.69, 9.17) is 11.6 Å². The van der Waals surface area contributed by atoms with Crippen molar-refractivity contribution in [3.63, 3.8) is 0 Å². The molecule has 5 nitrogen and oxygen atoms in total. The van der Waals surface area contributed by atoms with Gasteiger partial charge < -0.3 is 10.0 Å². The standard InChI is InChI=1S/C17H16ClN3O2/c18-12-3-1-11(2-4-12)15-19-8-5-13(20-15)16(23)21-9-14(22)17(10-21)6-7-17/h1-5,8,14,22H,6-7,9-10H2. The molecule has 1 aromatic carbocycles. The number of halogens is 1. The average molecular weight is 330 g/mol. The zero-order valence-electron chi connectivity index (χ0n) is 12.4. The van der Waals surface area contributed by atoms with Gasteiger partial charge >= 0.3 is 0 Å². The number of aliphatic hydroxyl groups excluding tert-OH is 1. The van der Waals surface area contributed by atoms with Crippen molar-refractivity contribution < 1.29 is 9.90 Å². The van der Waals surface area contributed by atoms with E-state index < -0.39 is 6.10 Å². The number of likely N-dealkylation sites (tertiary alicyclic amines) is 1. The van der Waals surface area contributed by atoms with Crippen LogP contribution in [-0.4, -0.2) is 45.1 Å². The van der Waals surface area contributed by atoms with E-state index in [2.05, 4.69) is 9.97 Å². The molecule has 2 aromatic rings. The predicted molar refractivity (Wildman–Crippen MR) is 86.1 cm³/mol. The van der Waals surface area contributed by atoms with Gasteiger partial charge in [-0.05, 0) is 43.2 Å². The number of hydrogen-bond donors (Lipinski definition) is 1. The lowest BCUT2D eigenvalue weighted by atomic mass is 10.0. The van der Waals surface area contributed by atoms with E-state index in [1.165, 1.54) is 0 Å². The number of β-amino-alcohol motifs (C(OH)–C–C–N with tert-alkyl or cyclic N) is 1. The first-order valence-electron chi connectivity index (χ1n) is 7.64. The fourth-order valence-corrected chi connectivity index (χ4v) is 3.26. The Balaban J connectivity index is 1.59. The zero-order valence-corrected chi connectivity index (χ0v) is 13.2. The van der Waals surface area contributed by atoms with E-state index in [-0.39, 0.29) is 11.3 Å². The molecule has 1 saturated heterocycles. The van der Waals surface area contributed by atoms with Gasteiger partial charge in [0.1, 0.15) is 5.69 Å². The molecule has 2 fully saturated rings. The first-order chi connectivity index (χ1) is 11.1. The van der Waals surface area contributed by atoms with Crippen molar-refractivity contribution in [2.24, 2.45) is 5.41 Å². The molecular formula is C17H16ClN3O2. The number of aliphatic hydroxyl groups is 1. The van der Waals surface area contributed by atoms with Crippen molar-refractivity contribution in [2.45, 2.75) is 18.9 Å². The number of rotatable bonds is 2. The summed E-state index contributed by atoms with van der Waals surface area (Å²) in [6.07, 6.45) is 3.17. The Morgan fingerprint density at radius 1 is 1.26 bits per heavy atom. The molecule has 1 saturated carbocycles. The molecule has 2 aliphatic rings. The Morgan fingerprint density at radius 3 is 2.65 bits per heavy atom. The van der Waals surface area contributed by atoms with Crippen LogP contribution in [0.5, 0.6) is 0 Å². The predicted octanol–water partition coefficient (Wildman–Crippen LogP) is 2.39. The number of hydrogen-bond acceptors (Lipinski definition) is 4. The molecule has 1 aromatic heterocycles. The number of aromatic nitrogens is 2. The Kier molecular flexibility index (Phi) is 3.36. The molecule has 118 valence electrons. The molecule has 1 aliphatic carbocycles. The topological polar surface area (TPSA) is 66.3 Å². The summed E-state index contributed by atoms with van der Waals surface area (Å²) >= 11 is 5.89. The Labute approximate surface area is 138 Å². The highest BCUT2D eigenvalue weighted by Crippen LogP contribution is 2.52. The van der Waals surface area contributed by atoms with Crippen LogP contribution in [0.25, 0.3) is 11.4 Å². The average Bonchev–Trinajstić information content (AvgIpc) is 3.27. The third-order valence-electron chi connectivity index (χ3n) is 4.76. The van der Waals surface area contributed by atoms with Gasteiger partial charge in [-0.3, -0.25) is 4.79 Å². The van der Waals surface area contributed by atoms with Crippen LogP contribution < -0.4 is 0 Å². The summed E-state index contributed by atoms with van der Waals surface area (Å²) in [5.74, 6) is 0.346. The van der Waals surface area contributed by atoms with Crippen molar-refractivity contribution in [1.82, 2.24) is 14.9 Å². The monoisotopic (exact) mass is 329 g/mol. The lowest BCUT2D eigenvalue weighted by Gasteiger charge is -2.15. The van der Waals surface area contributed by atoms with Gasteiger partial charge in [-0.15, -0.1) is 0 Å². The normalized spacial score (nSPS) is 21.7. The first kappa shape index (κ1) is 14.6. The second kappa shape index (κ2) is 5.28. The minimum absolute atomic E-state index is 0.0539.